The number of rotatable bonds is 5. The molecule has 0 bridgehead atoms. The molecule has 3 aromatic rings. The van der Waals surface area contributed by atoms with Gasteiger partial charge in [0.05, 0.1) is 31.0 Å². The Morgan fingerprint density at radius 2 is 2.20 bits per heavy atom. The van der Waals surface area contributed by atoms with E-state index in [4.69, 9.17) is 15.2 Å². The van der Waals surface area contributed by atoms with Crippen LogP contribution in [0.4, 0.5) is 14.5 Å². The number of carbonyl (C=O) groups excluding carboxylic acids is 1. The van der Waals surface area contributed by atoms with Crippen molar-refractivity contribution >= 4 is 17.6 Å². The van der Waals surface area contributed by atoms with Gasteiger partial charge in [0.25, 0.3) is 11.9 Å². The van der Waals surface area contributed by atoms with E-state index in [9.17, 15) is 9.18 Å². The molecule has 0 unspecified atom stereocenters. The minimum absolute atomic E-state index is 0.0167. The number of hydrogen-bond acceptors (Lipinski definition) is 9. The zero-order valence-electron chi connectivity index (χ0n) is 18.6. The highest BCUT2D eigenvalue weighted by atomic mass is 19.1. The van der Waals surface area contributed by atoms with Gasteiger partial charge in [-0.3, -0.25) is 4.79 Å². The molecule has 35 heavy (non-hydrogen) atoms. The number of anilines is 1. The maximum absolute atomic E-state index is 15.1. The van der Waals surface area contributed by atoms with Crippen molar-refractivity contribution in [3.63, 3.8) is 0 Å². The first kappa shape index (κ1) is 22.8. The first-order chi connectivity index (χ1) is 16.9. The number of nitrogens with zero attached hydrogens (tertiary/aromatic N) is 6. The predicted molar refractivity (Wildman–Crippen MR) is 119 cm³/mol. The van der Waals surface area contributed by atoms with Crippen molar-refractivity contribution in [1.82, 2.24) is 24.7 Å². The second-order valence-corrected chi connectivity index (χ2v) is 8.40. The molecule has 1 saturated heterocycles. The van der Waals surface area contributed by atoms with Crippen LogP contribution in [0.3, 0.4) is 0 Å². The van der Waals surface area contributed by atoms with Gasteiger partial charge in [-0.05, 0) is 25.1 Å². The van der Waals surface area contributed by atoms with Gasteiger partial charge < -0.3 is 20.5 Å². The van der Waals surface area contributed by atoms with Gasteiger partial charge in [0.2, 0.25) is 0 Å². The molecule has 2 aliphatic rings. The molecule has 5 rings (SSSR count). The molecule has 3 N–H and O–H groups in total. The first-order valence-electron chi connectivity index (χ1n) is 10.9. The number of carbonyl (C=O) groups is 1. The molecule has 1 aromatic carbocycles. The number of fused-ring (bicyclic) bond motifs is 1. The number of halogens is 2. The fourth-order valence-corrected chi connectivity index (χ4v) is 4.45. The third-order valence-corrected chi connectivity index (χ3v) is 6.19. The third kappa shape index (κ3) is 4.18. The molecular weight excluding hydrogens is 462 g/mol. The summed E-state index contributed by atoms with van der Waals surface area (Å²) in [7, 11) is 0. The fourth-order valence-electron chi connectivity index (χ4n) is 4.45. The van der Waals surface area contributed by atoms with Gasteiger partial charge in [-0.15, -0.1) is 0 Å². The van der Waals surface area contributed by atoms with Crippen LogP contribution in [0.1, 0.15) is 29.4 Å². The lowest BCUT2D eigenvalue weighted by Gasteiger charge is -2.46. The zero-order valence-corrected chi connectivity index (χ0v) is 18.6. The Hall–Kier alpha value is -4.00. The summed E-state index contributed by atoms with van der Waals surface area (Å²) < 4.78 is 42.5. The van der Waals surface area contributed by atoms with E-state index in [2.05, 4.69) is 30.4 Å². The summed E-state index contributed by atoms with van der Waals surface area (Å²) in [6, 6.07) is 3.64. The summed E-state index contributed by atoms with van der Waals surface area (Å²) in [4.78, 5) is 29.0. The van der Waals surface area contributed by atoms with Gasteiger partial charge in [-0.1, -0.05) is 0 Å². The number of amides is 1. The quantitative estimate of drug-likeness (QED) is 0.558. The molecule has 13 heteroatoms. The Morgan fingerprint density at radius 1 is 1.34 bits per heavy atom. The average Bonchev–Trinajstić information content (AvgIpc) is 3.39. The number of nitrogens with one attached hydrogen (secondary N) is 1. The van der Waals surface area contributed by atoms with Gasteiger partial charge in [0, 0.05) is 17.7 Å². The summed E-state index contributed by atoms with van der Waals surface area (Å²) in [6.07, 6.45) is 5.28. The van der Waals surface area contributed by atoms with E-state index in [0.29, 0.717) is 12.2 Å². The number of aromatic nitrogens is 5. The number of benzene rings is 1. The summed E-state index contributed by atoms with van der Waals surface area (Å²) in [5.41, 5.74) is 4.41. The van der Waals surface area contributed by atoms with Crippen molar-refractivity contribution in [3.05, 3.63) is 60.3 Å². The highest BCUT2D eigenvalue weighted by molar-refractivity contribution is 6.02. The van der Waals surface area contributed by atoms with Gasteiger partial charge in [-0.25, -0.2) is 33.4 Å². The van der Waals surface area contributed by atoms with E-state index < -0.39 is 36.0 Å². The van der Waals surface area contributed by atoms with Crippen LogP contribution in [0.5, 0.6) is 0 Å². The molecule has 2 aromatic heterocycles. The van der Waals surface area contributed by atoms with Crippen LogP contribution in [-0.2, 0) is 15.0 Å². The van der Waals surface area contributed by atoms with E-state index in [-0.39, 0.29) is 35.7 Å². The summed E-state index contributed by atoms with van der Waals surface area (Å²) in [5, 5.41) is 6.59. The molecule has 4 atom stereocenters. The molecule has 11 nitrogen and oxygen atoms in total. The standard InChI is InChI=1S/C22H22F2N8O3/c1-12-4-18-15(8-34-12)22(9-23,31-21(25)35-18)14-5-13(2-3-16(14)24)30-20(33)17-6-28-19(7-27-17)32-11-26-10-29-32/h2-3,5-7,10-12,15,18H,4,8-9H2,1H3,(H2,25,31)(H,30,33)/t12-,15+,18-,22-/m1/s1. The summed E-state index contributed by atoms with van der Waals surface area (Å²) in [5.74, 6) is -1.50. The third-order valence-electron chi connectivity index (χ3n) is 6.19. The maximum atomic E-state index is 15.1. The largest absolute Gasteiger partial charge is 0.462 e. The first-order valence-corrected chi connectivity index (χ1v) is 10.9. The van der Waals surface area contributed by atoms with E-state index >= 15 is 4.39 Å². The van der Waals surface area contributed by atoms with E-state index in [1.165, 1.54) is 41.9 Å². The van der Waals surface area contributed by atoms with Crippen LogP contribution in [0, 0.1) is 11.7 Å². The van der Waals surface area contributed by atoms with Crippen molar-refractivity contribution < 1.29 is 23.0 Å². The van der Waals surface area contributed by atoms with Crippen LogP contribution < -0.4 is 11.1 Å². The Labute approximate surface area is 198 Å². The molecule has 1 amide bonds. The molecular formula is C22H22F2N8O3. The Bertz CT molecular complexity index is 1250. The lowest BCUT2D eigenvalue weighted by atomic mass is 9.73. The molecule has 1 fully saturated rings. The second-order valence-electron chi connectivity index (χ2n) is 8.40. The highest BCUT2D eigenvalue weighted by Crippen LogP contribution is 2.45. The molecule has 4 heterocycles. The lowest BCUT2D eigenvalue weighted by Crippen LogP contribution is -2.55. The van der Waals surface area contributed by atoms with Crippen molar-refractivity contribution in [3.8, 4) is 5.82 Å². The Morgan fingerprint density at radius 3 is 2.91 bits per heavy atom. The molecule has 0 radical (unpaired) electrons. The summed E-state index contributed by atoms with van der Waals surface area (Å²) >= 11 is 0. The fraction of sp³-hybridized carbons (Fsp3) is 0.364. The topological polar surface area (TPSA) is 142 Å². The van der Waals surface area contributed by atoms with Gasteiger partial charge in [0.1, 0.15) is 42.5 Å². The molecule has 2 aliphatic heterocycles. The van der Waals surface area contributed by atoms with Crippen molar-refractivity contribution in [1.29, 1.82) is 0 Å². The number of alkyl halides is 1. The number of aliphatic imine (C=N–C) groups is 1. The average molecular weight is 484 g/mol. The van der Waals surface area contributed by atoms with Crippen LogP contribution in [0.25, 0.3) is 5.82 Å². The number of nitrogens with two attached hydrogens (primary N) is 1. The van der Waals surface area contributed by atoms with Gasteiger partial charge >= 0.3 is 0 Å². The summed E-state index contributed by atoms with van der Waals surface area (Å²) in [6.45, 7) is 0.965. The minimum Gasteiger partial charge on any atom is -0.462 e. The van der Waals surface area contributed by atoms with Gasteiger partial charge in [-0.2, -0.15) is 5.10 Å². The van der Waals surface area contributed by atoms with Crippen molar-refractivity contribution in [2.45, 2.75) is 31.1 Å². The van der Waals surface area contributed by atoms with E-state index in [0.717, 1.165) is 6.07 Å². The molecule has 0 saturated carbocycles. The SMILES string of the molecule is C[C@@H]1C[C@H]2OC(N)=N[C@](CF)(c3cc(NC(=O)c4cnc(-n5cncn5)cn4)ccc3F)[C@H]2CO1. The second kappa shape index (κ2) is 8.98. The van der Waals surface area contributed by atoms with Gasteiger partial charge in [0.15, 0.2) is 5.82 Å². The predicted octanol–water partition coefficient (Wildman–Crippen LogP) is 1.75. The number of ether oxygens (including phenoxy) is 2. The lowest BCUT2D eigenvalue weighted by molar-refractivity contribution is -0.109. The van der Waals surface area contributed by atoms with Crippen LogP contribution in [-0.4, -0.2) is 62.2 Å². The minimum atomic E-state index is -1.66. The number of hydrogen-bond donors (Lipinski definition) is 2. The van der Waals surface area contributed by atoms with Crippen LogP contribution in [0.15, 0.2) is 48.2 Å². The molecule has 0 aliphatic carbocycles. The molecule has 182 valence electrons. The van der Waals surface area contributed by atoms with Crippen LogP contribution >= 0.6 is 0 Å². The normalized spacial score (nSPS) is 25.8. The maximum Gasteiger partial charge on any atom is 0.283 e. The van der Waals surface area contributed by atoms with E-state index in [1.807, 2.05) is 6.92 Å². The van der Waals surface area contributed by atoms with E-state index in [1.54, 1.807) is 0 Å². The van der Waals surface area contributed by atoms with Crippen molar-refractivity contribution in [2.24, 2.45) is 16.6 Å². The monoisotopic (exact) mass is 484 g/mol. The van der Waals surface area contributed by atoms with Crippen LogP contribution in [0.2, 0.25) is 0 Å². The highest BCUT2D eigenvalue weighted by Gasteiger charge is 2.52. The zero-order chi connectivity index (χ0) is 24.6. The smallest absolute Gasteiger partial charge is 0.283 e. The Balaban J connectivity index is 1.43. The van der Waals surface area contributed by atoms with Crippen molar-refractivity contribution in [2.75, 3.05) is 18.6 Å². The molecule has 0 spiro atoms. The Kier molecular flexibility index (Phi) is 5.84. The number of amidine groups is 1.